The summed E-state index contributed by atoms with van der Waals surface area (Å²) >= 11 is 0. The molecule has 6 nitrogen and oxygen atoms in total. The van der Waals surface area contributed by atoms with Gasteiger partial charge in [0.25, 0.3) is 5.91 Å². The number of aromatic nitrogens is 1. The molecule has 1 unspecified atom stereocenters. The van der Waals surface area contributed by atoms with E-state index in [0.29, 0.717) is 12.1 Å². The summed E-state index contributed by atoms with van der Waals surface area (Å²) < 4.78 is 41.7. The molecule has 2 aromatic carbocycles. The Balaban J connectivity index is 1.34. The largest absolute Gasteiger partial charge is 0.573 e. The van der Waals surface area contributed by atoms with Gasteiger partial charge in [0.15, 0.2) is 0 Å². The normalized spacial score (nSPS) is 15.5. The summed E-state index contributed by atoms with van der Waals surface area (Å²) in [4.78, 5) is 17.4. The first-order chi connectivity index (χ1) is 14.8. The van der Waals surface area contributed by atoms with Crippen LogP contribution in [0.1, 0.15) is 21.6 Å². The number of rotatable bonds is 6. The van der Waals surface area contributed by atoms with Crippen molar-refractivity contribution in [3.8, 4) is 5.75 Å². The Kier molecular flexibility index (Phi) is 5.88. The summed E-state index contributed by atoms with van der Waals surface area (Å²) in [6, 6.07) is 13.6. The van der Waals surface area contributed by atoms with Gasteiger partial charge < -0.3 is 20.1 Å². The first kappa shape index (κ1) is 21.2. The molecule has 0 radical (unpaired) electrons. The molecule has 31 heavy (non-hydrogen) atoms. The first-order valence-corrected chi connectivity index (χ1v) is 9.91. The Morgan fingerprint density at radius 1 is 1.19 bits per heavy atom. The lowest BCUT2D eigenvalue weighted by Crippen LogP contribution is -2.42. The van der Waals surface area contributed by atoms with Crippen molar-refractivity contribution in [3.05, 3.63) is 65.4 Å². The van der Waals surface area contributed by atoms with E-state index in [4.69, 9.17) is 0 Å². The van der Waals surface area contributed by atoms with E-state index in [9.17, 15) is 23.1 Å². The monoisotopic (exact) mass is 433 g/mol. The lowest BCUT2D eigenvalue weighted by Gasteiger charge is -2.30. The molecule has 0 fully saturated rings. The minimum Gasteiger partial charge on any atom is -0.405 e. The smallest absolute Gasteiger partial charge is 0.405 e. The molecule has 3 aromatic rings. The number of halogens is 3. The lowest BCUT2D eigenvalue weighted by atomic mass is 10.00. The van der Waals surface area contributed by atoms with E-state index in [1.165, 1.54) is 29.3 Å². The van der Waals surface area contributed by atoms with Crippen molar-refractivity contribution < 1.29 is 27.8 Å². The highest BCUT2D eigenvalue weighted by Crippen LogP contribution is 2.31. The summed E-state index contributed by atoms with van der Waals surface area (Å²) in [5.41, 5.74) is 2.99. The van der Waals surface area contributed by atoms with E-state index in [1.54, 1.807) is 6.07 Å². The summed E-state index contributed by atoms with van der Waals surface area (Å²) in [5, 5.41) is 13.1. The SMILES string of the molecule is O=C(NCC(O)CN1CCc2ccccc2C1)c1cc2c(OC(F)(F)F)cccc2[nH]1. The highest BCUT2D eigenvalue weighted by Gasteiger charge is 2.32. The van der Waals surface area contributed by atoms with Crippen molar-refractivity contribution in [1.82, 2.24) is 15.2 Å². The number of nitrogens with zero attached hydrogens (tertiary/aromatic N) is 1. The fourth-order valence-corrected chi connectivity index (χ4v) is 3.84. The standard InChI is InChI=1S/C22H22F3N3O3/c23-22(24,25)31-20-7-3-6-18-17(20)10-19(27-18)21(30)26-11-16(29)13-28-9-8-14-4-1-2-5-15(14)12-28/h1-7,10,16,27,29H,8-9,11-13H2,(H,26,30). The first-order valence-electron chi connectivity index (χ1n) is 9.91. The Hall–Kier alpha value is -3.04. The van der Waals surface area contributed by atoms with Gasteiger partial charge in [0, 0.05) is 37.1 Å². The molecule has 0 bridgehead atoms. The van der Waals surface area contributed by atoms with Crippen LogP contribution in [0.25, 0.3) is 10.9 Å². The highest BCUT2D eigenvalue weighted by molar-refractivity contribution is 5.99. The predicted octanol–water partition coefficient (Wildman–Crippen LogP) is 3.22. The zero-order valence-corrected chi connectivity index (χ0v) is 16.6. The number of hydrogen-bond acceptors (Lipinski definition) is 4. The molecule has 0 saturated carbocycles. The Labute approximate surface area is 176 Å². The van der Waals surface area contributed by atoms with E-state index < -0.39 is 18.4 Å². The number of fused-ring (bicyclic) bond motifs is 2. The molecule has 164 valence electrons. The third-order valence-corrected chi connectivity index (χ3v) is 5.27. The number of aliphatic hydroxyl groups is 1. The molecule has 2 heterocycles. The number of amides is 1. The highest BCUT2D eigenvalue weighted by atomic mass is 19.4. The number of carbonyl (C=O) groups excluding carboxylic acids is 1. The molecule has 1 atom stereocenters. The van der Waals surface area contributed by atoms with Crippen LogP contribution in [-0.4, -0.2) is 53.0 Å². The molecule has 9 heteroatoms. The molecular weight excluding hydrogens is 411 g/mol. The quantitative estimate of drug-likeness (QED) is 0.558. The molecule has 1 aliphatic rings. The van der Waals surface area contributed by atoms with Crippen molar-refractivity contribution in [2.75, 3.05) is 19.6 Å². The molecule has 4 rings (SSSR count). The maximum Gasteiger partial charge on any atom is 0.573 e. The number of nitrogens with one attached hydrogen (secondary N) is 2. The van der Waals surface area contributed by atoms with Gasteiger partial charge in [-0.3, -0.25) is 9.69 Å². The molecule has 1 amide bonds. The van der Waals surface area contributed by atoms with Gasteiger partial charge in [-0.2, -0.15) is 0 Å². The van der Waals surface area contributed by atoms with E-state index >= 15 is 0 Å². The van der Waals surface area contributed by atoms with Gasteiger partial charge in [0.2, 0.25) is 0 Å². The average molecular weight is 433 g/mol. The number of benzene rings is 2. The third-order valence-electron chi connectivity index (χ3n) is 5.27. The van der Waals surface area contributed by atoms with Crippen LogP contribution in [-0.2, 0) is 13.0 Å². The van der Waals surface area contributed by atoms with Crippen LogP contribution < -0.4 is 10.1 Å². The van der Waals surface area contributed by atoms with Crippen LogP contribution in [0.15, 0.2) is 48.5 Å². The second-order valence-corrected chi connectivity index (χ2v) is 7.57. The van der Waals surface area contributed by atoms with Gasteiger partial charge in [-0.15, -0.1) is 13.2 Å². The van der Waals surface area contributed by atoms with E-state index in [-0.39, 0.29) is 23.4 Å². The van der Waals surface area contributed by atoms with Crippen molar-refractivity contribution in [3.63, 3.8) is 0 Å². The van der Waals surface area contributed by atoms with Crippen LogP contribution >= 0.6 is 0 Å². The maximum absolute atomic E-state index is 12.6. The molecule has 0 aliphatic carbocycles. The molecule has 1 aliphatic heterocycles. The fraction of sp³-hybridized carbons (Fsp3) is 0.318. The van der Waals surface area contributed by atoms with Crippen LogP contribution in [0.2, 0.25) is 0 Å². The third kappa shape index (κ3) is 5.18. The Morgan fingerprint density at radius 3 is 2.74 bits per heavy atom. The van der Waals surface area contributed by atoms with E-state index in [2.05, 4.69) is 32.1 Å². The number of aromatic amines is 1. The minimum absolute atomic E-state index is 0.0260. The van der Waals surface area contributed by atoms with Crippen molar-refractivity contribution >= 4 is 16.8 Å². The Bertz CT molecular complexity index is 1080. The molecule has 0 spiro atoms. The number of aliphatic hydroxyl groups excluding tert-OH is 1. The summed E-state index contributed by atoms with van der Waals surface area (Å²) in [6.07, 6.45) is -4.69. The number of β-amino-alcohol motifs (C(OH)–C–C–N with tert-alkyl or cyclic N) is 1. The number of H-pyrrole nitrogens is 1. The summed E-state index contributed by atoms with van der Waals surface area (Å²) in [6.45, 7) is 2.00. The van der Waals surface area contributed by atoms with Crippen LogP contribution in [0.3, 0.4) is 0 Å². The van der Waals surface area contributed by atoms with Gasteiger partial charge in [-0.25, -0.2) is 0 Å². The van der Waals surface area contributed by atoms with Crippen molar-refractivity contribution in [2.24, 2.45) is 0 Å². The Morgan fingerprint density at radius 2 is 1.97 bits per heavy atom. The van der Waals surface area contributed by atoms with Crippen LogP contribution in [0, 0.1) is 0 Å². The van der Waals surface area contributed by atoms with Gasteiger partial charge in [0.1, 0.15) is 11.4 Å². The average Bonchev–Trinajstić information content (AvgIpc) is 3.16. The topological polar surface area (TPSA) is 77.6 Å². The lowest BCUT2D eigenvalue weighted by molar-refractivity contribution is -0.274. The van der Waals surface area contributed by atoms with Gasteiger partial charge >= 0.3 is 6.36 Å². The van der Waals surface area contributed by atoms with E-state index in [1.807, 2.05) is 12.1 Å². The number of hydrogen-bond donors (Lipinski definition) is 3. The molecule has 0 saturated heterocycles. The number of alkyl halides is 3. The van der Waals surface area contributed by atoms with Crippen LogP contribution in [0.5, 0.6) is 5.75 Å². The van der Waals surface area contributed by atoms with Crippen LogP contribution in [0.4, 0.5) is 13.2 Å². The maximum atomic E-state index is 12.6. The van der Waals surface area contributed by atoms with Crippen molar-refractivity contribution in [2.45, 2.75) is 25.4 Å². The zero-order chi connectivity index (χ0) is 22.0. The fourth-order valence-electron chi connectivity index (χ4n) is 3.84. The van der Waals surface area contributed by atoms with Gasteiger partial charge in [0.05, 0.1) is 6.10 Å². The number of ether oxygens (including phenoxy) is 1. The minimum atomic E-state index is -4.83. The second-order valence-electron chi connectivity index (χ2n) is 7.57. The van der Waals surface area contributed by atoms with Gasteiger partial charge in [-0.1, -0.05) is 30.3 Å². The number of carbonyl (C=O) groups is 1. The predicted molar refractivity (Wildman–Crippen MR) is 109 cm³/mol. The van der Waals surface area contributed by atoms with E-state index in [0.717, 1.165) is 19.5 Å². The molecule has 1 aromatic heterocycles. The van der Waals surface area contributed by atoms with Gasteiger partial charge in [-0.05, 0) is 35.7 Å². The zero-order valence-electron chi connectivity index (χ0n) is 16.6. The summed E-state index contributed by atoms with van der Waals surface area (Å²) in [7, 11) is 0. The second kappa shape index (κ2) is 8.60. The molecule has 3 N–H and O–H groups in total. The molecular formula is C22H22F3N3O3. The summed E-state index contributed by atoms with van der Waals surface area (Å²) in [5.74, 6) is -0.900. The van der Waals surface area contributed by atoms with Crippen molar-refractivity contribution in [1.29, 1.82) is 0 Å².